The molecule has 2 aromatic rings. The average Bonchev–Trinajstić information content (AvgIpc) is 2.82. The van der Waals surface area contributed by atoms with E-state index in [0.29, 0.717) is 11.8 Å². The second kappa shape index (κ2) is 6.30. The molecule has 1 heteroatoms. The zero-order chi connectivity index (χ0) is 14.7. The van der Waals surface area contributed by atoms with Crippen LogP contribution < -0.4 is 0 Å². The topological polar surface area (TPSA) is 13.1 Å². The highest BCUT2D eigenvalue weighted by atomic mass is 16.3. The van der Waals surface area contributed by atoms with Crippen molar-refractivity contribution in [2.75, 3.05) is 0 Å². The standard InChI is InChI=1S/C19H26O/c1-13(2)18-9-8-17(12-16(18)5)7-6-14(3)19-15(4)10-11-20-19/h8-14H,6-7H2,1-5H3. The van der Waals surface area contributed by atoms with Crippen molar-refractivity contribution in [3.63, 3.8) is 0 Å². The molecule has 1 heterocycles. The minimum Gasteiger partial charge on any atom is -0.469 e. The van der Waals surface area contributed by atoms with E-state index in [1.54, 1.807) is 6.26 Å². The summed E-state index contributed by atoms with van der Waals surface area (Å²) >= 11 is 0. The zero-order valence-corrected chi connectivity index (χ0v) is 13.4. The third-order valence-corrected chi connectivity index (χ3v) is 4.17. The number of benzene rings is 1. The summed E-state index contributed by atoms with van der Waals surface area (Å²) in [5, 5.41) is 0. The molecule has 0 radical (unpaired) electrons. The summed E-state index contributed by atoms with van der Waals surface area (Å²) in [4.78, 5) is 0. The summed E-state index contributed by atoms with van der Waals surface area (Å²) in [5.74, 6) is 2.23. The van der Waals surface area contributed by atoms with Crippen LogP contribution in [0.25, 0.3) is 0 Å². The molecule has 20 heavy (non-hydrogen) atoms. The Morgan fingerprint density at radius 3 is 2.30 bits per heavy atom. The van der Waals surface area contributed by atoms with Crippen LogP contribution in [0.5, 0.6) is 0 Å². The highest BCUT2D eigenvalue weighted by Gasteiger charge is 2.12. The maximum absolute atomic E-state index is 5.59. The second-order valence-corrected chi connectivity index (χ2v) is 6.25. The second-order valence-electron chi connectivity index (χ2n) is 6.25. The van der Waals surface area contributed by atoms with Crippen molar-refractivity contribution in [1.29, 1.82) is 0 Å². The molecule has 108 valence electrons. The fourth-order valence-electron chi connectivity index (χ4n) is 2.94. The first-order valence-electron chi connectivity index (χ1n) is 7.62. The van der Waals surface area contributed by atoms with E-state index in [1.165, 1.54) is 22.3 Å². The van der Waals surface area contributed by atoms with Crippen LogP contribution in [0.2, 0.25) is 0 Å². The summed E-state index contributed by atoms with van der Waals surface area (Å²) in [6, 6.07) is 8.96. The van der Waals surface area contributed by atoms with Crippen LogP contribution in [-0.4, -0.2) is 0 Å². The van der Waals surface area contributed by atoms with E-state index in [0.717, 1.165) is 18.6 Å². The van der Waals surface area contributed by atoms with E-state index in [2.05, 4.69) is 52.8 Å². The first-order valence-corrected chi connectivity index (χ1v) is 7.62. The van der Waals surface area contributed by atoms with Gasteiger partial charge in [-0.15, -0.1) is 0 Å². The number of aryl methyl sites for hydroxylation is 3. The SMILES string of the molecule is Cc1cc(CCC(C)c2occc2C)ccc1C(C)C. The number of hydrogen-bond acceptors (Lipinski definition) is 1. The Balaban J connectivity index is 2.01. The quantitative estimate of drug-likeness (QED) is 0.673. The summed E-state index contributed by atoms with van der Waals surface area (Å²) in [7, 11) is 0. The van der Waals surface area contributed by atoms with Gasteiger partial charge in [-0.1, -0.05) is 39.0 Å². The average molecular weight is 270 g/mol. The Morgan fingerprint density at radius 1 is 1.00 bits per heavy atom. The van der Waals surface area contributed by atoms with Gasteiger partial charge in [0.1, 0.15) is 5.76 Å². The monoisotopic (exact) mass is 270 g/mol. The normalized spacial score (nSPS) is 12.9. The molecule has 0 saturated carbocycles. The fraction of sp³-hybridized carbons (Fsp3) is 0.474. The van der Waals surface area contributed by atoms with Gasteiger partial charge in [-0.25, -0.2) is 0 Å². The molecule has 0 aliphatic carbocycles. The predicted octanol–water partition coefficient (Wildman–Crippen LogP) is 5.76. The molecule has 0 bridgehead atoms. The fourth-order valence-corrected chi connectivity index (χ4v) is 2.94. The smallest absolute Gasteiger partial charge is 0.109 e. The van der Waals surface area contributed by atoms with Crippen molar-refractivity contribution < 1.29 is 4.42 Å². The lowest BCUT2D eigenvalue weighted by molar-refractivity contribution is 0.459. The van der Waals surface area contributed by atoms with Crippen LogP contribution in [0, 0.1) is 13.8 Å². The largest absolute Gasteiger partial charge is 0.469 e. The molecule has 0 spiro atoms. The van der Waals surface area contributed by atoms with Crippen molar-refractivity contribution in [2.45, 2.75) is 59.3 Å². The van der Waals surface area contributed by atoms with Gasteiger partial charge in [0.25, 0.3) is 0 Å². The van der Waals surface area contributed by atoms with E-state index in [-0.39, 0.29) is 0 Å². The maximum Gasteiger partial charge on any atom is 0.109 e. The number of furan rings is 1. The first kappa shape index (κ1) is 14.9. The van der Waals surface area contributed by atoms with Crippen molar-refractivity contribution in [3.8, 4) is 0 Å². The molecule has 0 N–H and O–H groups in total. The Morgan fingerprint density at radius 2 is 1.75 bits per heavy atom. The predicted molar refractivity (Wildman–Crippen MR) is 85.4 cm³/mol. The Labute approximate surface area is 123 Å². The van der Waals surface area contributed by atoms with Gasteiger partial charge in [-0.2, -0.15) is 0 Å². The van der Waals surface area contributed by atoms with Crippen LogP contribution in [-0.2, 0) is 6.42 Å². The van der Waals surface area contributed by atoms with Gasteiger partial charge >= 0.3 is 0 Å². The van der Waals surface area contributed by atoms with Gasteiger partial charge < -0.3 is 4.42 Å². The molecule has 0 fully saturated rings. The highest BCUT2D eigenvalue weighted by Crippen LogP contribution is 2.26. The van der Waals surface area contributed by atoms with Crippen LogP contribution >= 0.6 is 0 Å². The molecule has 1 aromatic heterocycles. The zero-order valence-electron chi connectivity index (χ0n) is 13.4. The van der Waals surface area contributed by atoms with Crippen LogP contribution in [0.3, 0.4) is 0 Å². The lowest BCUT2D eigenvalue weighted by atomic mass is 9.92. The van der Waals surface area contributed by atoms with Crippen molar-refractivity contribution in [1.82, 2.24) is 0 Å². The Hall–Kier alpha value is -1.50. The Kier molecular flexibility index (Phi) is 4.69. The van der Waals surface area contributed by atoms with Crippen molar-refractivity contribution in [2.24, 2.45) is 0 Å². The van der Waals surface area contributed by atoms with Gasteiger partial charge in [0.2, 0.25) is 0 Å². The minimum atomic E-state index is 0.482. The summed E-state index contributed by atoms with van der Waals surface area (Å²) < 4.78 is 5.59. The first-order chi connectivity index (χ1) is 9.49. The summed E-state index contributed by atoms with van der Waals surface area (Å²) in [5.41, 5.74) is 5.58. The maximum atomic E-state index is 5.59. The number of hydrogen-bond donors (Lipinski definition) is 0. The van der Waals surface area contributed by atoms with E-state index in [4.69, 9.17) is 4.42 Å². The van der Waals surface area contributed by atoms with Crippen molar-refractivity contribution in [3.05, 3.63) is 58.5 Å². The van der Waals surface area contributed by atoms with Crippen LogP contribution in [0.15, 0.2) is 34.9 Å². The number of rotatable bonds is 5. The molecular weight excluding hydrogens is 244 g/mol. The van der Waals surface area contributed by atoms with E-state index in [9.17, 15) is 0 Å². The molecule has 0 saturated heterocycles. The molecule has 0 amide bonds. The molecular formula is C19H26O. The van der Waals surface area contributed by atoms with Crippen LogP contribution in [0.1, 0.15) is 67.0 Å². The Bertz CT molecular complexity index is 563. The van der Waals surface area contributed by atoms with Crippen LogP contribution in [0.4, 0.5) is 0 Å². The molecule has 1 unspecified atom stereocenters. The summed E-state index contributed by atoms with van der Waals surface area (Å²) in [6.45, 7) is 11.1. The lowest BCUT2D eigenvalue weighted by Gasteiger charge is -2.13. The molecule has 1 nitrogen and oxygen atoms in total. The van der Waals surface area contributed by atoms with Gasteiger partial charge in [-0.3, -0.25) is 0 Å². The third-order valence-electron chi connectivity index (χ3n) is 4.17. The molecule has 0 aliphatic rings. The summed E-state index contributed by atoms with van der Waals surface area (Å²) in [6.07, 6.45) is 4.04. The molecule has 0 aliphatic heterocycles. The van der Waals surface area contributed by atoms with E-state index < -0.39 is 0 Å². The minimum absolute atomic E-state index is 0.482. The van der Waals surface area contributed by atoms with Gasteiger partial charge in [-0.05, 0) is 60.9 Å². The third kappa shape index (κ3) is 3.33. The van der Waals surface area contributed by atoms with Gasteiger partial charge in [0.05, 0.1) is 6.26 Å². The molecule has 1 aromatic carbocycles. The highest BCUT2D eigenvalue weighted by molar-refractivity contribution is 5.33. The van der Waals surface area contributed by atoms with Gasteiger partial charge in [0.15, 0.2) is 0 Å². The molecule has 2 rings (SSSR count). The molecule has 1 atom stereocenters. The van der Waals surface area contributed by atoms with E-state index >= 15 is 0 Å². The van der Waals surface area contributed by atoms with Gasteiger partial charge in [0, 0.05) is 5.92 Å². The lowest BCUT2D eigenvalue weighted by Crippen LogP contribution is -1.98. The van der Waals surface area contributed by atoms with E-state index in [1.807, 2.05) is 6.07 Å². The van der Waals surface area contributed by atoms with Crippen molar-refractivity contribution >= 4 is 0 Å².